The molecule has 4 heteroatoms. The average molecular weight is 510 g/mol. The summed E-state index contributed by atoms with van der Waals surface area (Å²) >= 11 is 0. The van der Waals surface area contributed by atoms with Crippen molar-refractivity contribution in [1.82, 2.24) is 0 Å². The SMILES string of the molecule is CCP(CC)c1ccc(N(c2ccc(P(CC)CC)cc2)c2ccc(P(CC)CC)cc2)cc1. The van der Waals surface area contributed by atoms with E-state index in [0.717, 1.165) is 0 Å². The molecular weight excluding hydrogens is 467 g/mol. The highest BCUT2D eigenvalue weighted by Gasteiger charge is 2.16. The third-order valence-electron chi connectivity index (χ3n) is 6.71. The highest BCUT2D eigenvalue weighted by molar-refractivity contribution is 7.66. The molecule has 3 aromatic carbocycles. The van der Waals surface area contributed by atoms with Gasteiger partial charge in [-0.1, -0.05) is 102 Å². The Labute approximate surface area is 212 Å². The molecule has 0 atom stereocenters. The molecule has 0 N–H and O–H groups in total. The zero-order chi connectivity index (χ0) is 24.5. The van der Waals surface area contributed by atoms with Crippen LogP contribution in [-0.4, -0.2) is 37.0 Å². The maximum atomic E-state index is 2.43. The molecule has 0 fully saturated rings. The highest BCUT2D eigenvalue weighted by Crippen LogP contribution is 2.39. The molecule has 0 amide bonds. The largest absolute Gasteiger partial charge is 0.311 e. The van der Waals surface area contributed by atoms with Gasteiger partial charge in [-0.25, -0.2) is 0 Å². The summed E-state index contributed by atoms with van der Waals surface area (Å²) in [5.74, 6) is 0. The Morgan fingerprint density at radius 3 is 0.765 bits per heavy atom. The molecule has 0 saturated carbocycles. The molecule has 0 aromatic heterocycles. The van der Waals surface area contributed by atoms with Crippen LogP contribution in [0.4, 0.5) is 17.1 Å². The van der Waals surface area contributed by atoms with Crippen LogP contribution in [0.25, 0.3) is 0 Å². The third-order valence-corrected chi connectivity index (χ3v) is 14.4. The molecule has 1 nitrogen and oxygen atoms in total. The van der Waals surface area contributed by atoms with Crippen molar-refractivity contribution in [3.8, 4) is 0 Å². The van der Waals surface area contributed by atoms with Crippen molar-refractivity contribution in [3.63, 3.8) is 0 Å². The predicted molar refractivity (Wildman–Crippen MR) is 164 cm³/mol. The molecule has 3 rings (SSSR count). The Hall–Kier alpha value is -1.25. The van der Waals surface area contributed by atoms with E-state index in [0.29, 0.717) is 0 Å². The molecule has 182 valence electrons. The molecule has 0 bridgehead atoms. The summed E-state index contributed by atoms with van der Waals surface area (Å²) < 4.78 is 0. The predicted octanol–water partition coefficient (Wildman–Crippen LogP) is 8.60. The lowest BCUT2D eigenvalue weighted by molar-refractivity contribution is 1.29. The standard InChI is InChI=1S/C30H42NP3/c1-7-32(8-2)28-19-13-25(14-20-28)31(26-15-21-29(22-16-26)33(9-3)10-4)27-17-23-30(24-18-27)34(11-5)12-6/h13-24H,7-12H2,1-6H3. The van der Waals surface area contributed by atoms with Crippen molar-refractivity contribution in [2.45, 2.75) is 41.5 Å². The van der Waals surface area contributed by atoms with Crippen molar-refractivity contribution >= 4 is 56.7 Å². The molecule has 0 aliphatic heterocycles. The van der Waals surface area contributed by atoms with Crippen molar-refractivity contribution in [2.75, 3.05) is 41.9 Å². The molecule has 0 radical (unpaired) electrons. The first-order valence-corrected chi connectivity index (χ1v) is 18.1. The number of nitrogens with zero attached hydrogens (tertiary/aromatic N) is 1. The van der Waals surface area contributed by atoms with Gasteiger partial charge in [-0.05, 0) is 89.3 Å². The Morgan fingerprint density at radius 1 is 0.382 bits per heavy atom. The fourth-order valence-corrected chi connectivity index (χ4v) is 9.90. The van der Waals surface area contributed by atoms with E-state index in [-0.39, 0.29) is 23.8 Å². The van der Waals surface area contributed by atoms with Gasteiger partial charge in [0, 0.05) is 17.1 Å². The van der Waals surface area contributed by atoms with E-state index in [1.807, 2.05) is 0 Å². The molecule has 0 spiro atoms. The number of hydrogen-bond donors (Lipinski definition) is 0. The number of hydrogen-bond acceptors (Lipinski definition) is 1. The van der Waals surface area contributed by atoms with E-state index < -0.39 is 0 Å². The molecule has 0 aliphatic rings. The second-order valence-electron chi connectivity index (χ2n) is 8.40. The maximum Gasteiger partial charge on any atom is 0.0462 e. The number of anilines is 3. The second-order valence-corrected chi connectivity index (χ2v) is 17.0. The monoisotopic (exact) mass is 509 g/mol. The van der Waals surface area contributed by atoms with Gasteiger partial charge >= 0.3 is 0 Å². The molecule has 0 saturated heterocycles. The minimum Gasteiger partial charge on any atom is -0.311 e. The van der Waals surface area contributed by atoms with Gasteiger partial charge in [0.15, 0.2) is 0 Å². The molecule has 0 unspecified atom stereocenters. The highest BCUT2D eigenvalue weighted by atomic mass is 31.1. The minimum absolute atomic E-state index is 0.0371. The molecule has 0 aliphatic carbocycles. The minimum atomic E-state index is -0.0371. The van der Waals surface area contributed by atoms with Gasteiger partial charge in [0.05, 0.1) is 0 Å². The third kappa shape index (κ3) is 6.49. The first-order valence-electron chi connectivity index (χ1n) is 12.9. The molecule has 0 heterocycles. The van der Waals surface area contributed by atoms with Crippen molar-refractivity contribution in [3.05, 3.63) is 72.8 Å². The zero-order valence-corrected chi connectivity index (χ0v) is 24.6. The Kier molecular flexibility index (Phi) is 11.0. The van der Waals surface area contributed by atoms with Gasteiger partial charge in [0.2, 0.25) is 0 Å². The van der Waals surface area contributed by atoms with E-state index in [9.17, 15) is 0 Å². The Balaban J connectivity index is 2.01. The summed E-state index contributed by atoms with van der Waals surface area (Å²) in [7, 11) is -0.111. The van der Waals surface area contributed by atoms with Crippen molar-refractivity contribution < 1.29 is 0 Å². The van der Waals surface area contributed by atoms with Crippen LogP contribution in [-0.2, 0) is 0 Å². The van der Waals surface area contributed by atoms with E-state index in [4.69, 9.17) is 0 Å². The van der Waals surface area contributed by atoms with Gasteiger partial charge < -0.3 is 4.90 Å². The number of rotatable bonds is 12. The maximum absolute atomic E-state index is 2.43. The van der Waals surface area contributed by atoms with E-state index >= 15 is 0 Å². The van der Waals surface area contributed by atoms with Gasteiger partial charge in [-0.15, -0.1) is 0 Å². The van der Waals surface area contributed by atoms with Crippen LogP contribution in [0.5, 0.6) is 0 Å². The summed E-state index contributed by atoms with van der Waals surface area (Å²) in [5, 5.41) is 4.55. The van der Waals surface area contributed by atoms with E-state index in [1.165, 1.54) is 69.9 Å². The topological polar surface area (TPSA) is 3.24 Å². The summed E-state index contributed by atoms with van der Waals surface area (Å²) in [5.41, 5.74) is 3.73. The van der Waals surface area contributed by atoms with Crippen LogP contribution >= 0.6 is 23.8 Å². The first kappa shape index (κ1) is 27.3. The smallest absolute Gasteiger partial charge is 0.0462 e. The molecule has 3 aromatic rings. The summed E-state index contributed by atoms with van der Waals surface area (Å²) in [6.07, 6.45) is 7.54. The quantitative estimate of drug-likeness (QED) is 0.221. The van der Waals surface area contributed by atoms with Crippen LogP contribution in [0.1, 0.15) is 41.5 Å². The van der Waals surface area contributed by atoms with Crippen LogP contribution < -0.4 is 20.8 Å². The lowest BCUT2D eigenvalue weighted by Crippen LogP contribution is -2.14. The Morgan fingerprint density at radius 2 is 0.588 bits per heavy atom. The molecule has 34 heavy (non-hydrogen) atoms. The van der Waals surface area contributed by atoms with Crippen LogP contribution in [0, 0.1) is 0 Å². The fraction of sp³-hybridized carbons (Fsp3) is 0.400. The van der Waals surface area contributed by atoms with Crippen LogP contribution in [0.15, 0.2) is 72.8 Å². The lowest BCUT2D eigenvalue weighted by atomic mass is 10.2. The summed E-state index contributed by atoms with van der Waals surface area (Å²) in [4.78, 5) is 2.43. The fourth-order valence-electron chi connectivity index (χ4n) is 4.65. The molecular formula is C30H42NP3. The summed E-state index contributed by atoms with van der Waals surface area (Å²) in [6, 6.07) is 28.2. The van der Waals surface area contributed by atoms with Gasteiger partial charge in [0.25, 0.3) is 0 Å². The van der Waals surface area contributed by atoms with E-state index in [2.05, 4.69) is 119 Å². The zero-order valence-electron chi connectivity index (χ0n) is 22.0. The van der Waals surface area contributed by atoms with Gasteiger partial charge in [-0.3, -0.25) is 0 Å². The Bertz CT molecular complexity index is 839. The lowest BCUT2D eigenvalue weighted by Gasteiger charge is -2.27. The van der Waals surface area contributed by atoms with Gasteiger partial charge in [0.1, 0.15) is 0 Å². The average Bonchev–Trinajstić information content (AvgIpc) is 2.89. The normalized spacial score (nSPS) is 11.6. The first-order chi connectivity index (χ1) is 16.6. The van der Waals surface area contributed by atoms with Crippen molar-refractivity contribution in [2.24, 2.45) is 0 Å². The van der Waals surface area contributed by atoms with Crippen molar-refractivity contribution in [1.29, 1.82) is 0 Å². The van der Waals surface area contributed by atoms with Crippen LogP contribution in [0.3, 0.4) is 0 Å². The second kappa shape index (κ2) is 13.7. The van der Waals surface area contributed by atoms with Crippen LogP contribution in [0.2, 0.25) is 0 Å². The van der Waals surface area contributed by atoms with Gasteiger partial charge in [-0.2, -0.15) is 0 Å². The number of benzene rings is 3. The summed E-state index contributed by atoms with van der Waals surface area (Å²) in [6.45, 7) is 13.9. The van der Waals surface area contributed by atoms with E-state index in [1.54, 1.807) is 0 Å².